The molecule has 95 valence electrons. The van der Waals surface area contributed by atoms with Crippen LogP contribution < -0.4 is 0 Å². The first-order valence-electron chi connectivity index (χ1n) is 6.26. The van der Waals surface area contributed by atoms with Crippen molar-refractivity contribution in [3.05, 3.63) is 33.8 Å². The van der Waals surface area contributed by atoms with Crippen molar-refractivity contribution >= 4 is 23.2 Å². The van der Waals surface area contributed by atoms with E-state index in [1.807, 2.05) is 0 Å². The third-order valence-electron chi connectivity index (χ3n) is 2.89. The highest BCUT2D eigenvalue weighted by molar-refractivity contribution is 6.42. The lowest BCUT2D eigenvalue weighted by Crippen LogP contribution is -1.95. The number of halogens is 2. The molecule has 0 saturated heterocycles. The molecule has 0 aromatic heterocycles. The van der Waals surface area contributed by atoms with Gasteiger partial charge >= 0.3 is 0 Å². The Bertz CT molecular complexity index is 339. The summed E-state index contributed by atoms with van der Waals surface area (Å²) in [5.74, 6) is 0. The van der Waals surface area contributed by atoms with Crippen LogP contribution in [0.3, 0.4) is 0 Å². The predicted molar refractivity (Wildman–Crippen MR) is 73.3 cm³/mol. The predicted octanol–water partition coefficient (Wildman–Crippen LogP) is 5.83. The number of benzene rings is 1. The van der Waals surface area contributed by atoms with Crippen molar-refractivity contribution < 1.29 is 5.11 Å². The van der Waals surface area contributed by atoms with Crippen LogP contribution in [-0.2, 0) is 5.11 Å². The van der Waals surface area contributed by atoms with E-state index in [9.17, 15) is 5.11 Å². The van der Waals surface area contributed by atoms with Gasteiger partial charge in [0.1, 0.15) is 6.10 Å². The standard InChI is InChI=1S/C14H19Cl2O/c1-2-3-4-5-6-7-14(17)11-8-9-12(15)13(16)10-11/h8-10,14H,2-7H2,1H3. The molecule has 0 aliphatic carbocycles. The second-order valence-corrected chi connectivity index (χ2v) is 5.18. The Morgan fingerprint density at radius 2 is 1.76 bits per heavy atom. The van der Waals surface area contributed by atoms with Crippen LogP contribution >= 0.6 is 23.2 Å². The summed E-state index contributed by atoms with van der Waals surface area (Å²) in [6, 6.07) is 5.16. The molecule has 1 nitrogen and oxygen atoms in total. The van der Waals surface area contributed by atoms with Gasteiger partial charge in [-0.25, -0.2) is 5.11 Å². The molecule has 0 spiro atoms. The van der Waals surface area contributed by atoms with Crippen molar-refractivity contribution in [1.29, 1.82) is 0 Å². The highest BCUT2D eigenvalue weighted by Crippen LogP contribution is 2.28. The first kappa shape index (κ1) is 14.8. The average Bonchev–Trinajstić information content (AvgIpc) is 2.32. The van der Waals surface area contributed by atoms with Crippen molar-refractivity contribution in [2.45, 2.75) is 51.6 Å². The molecule has 0 aliphatic rings. The van der Waals surface area contributed by atoms with Crippen LogP contribution in [0.25, 0.3) is 0 Å². The minimum atomic E-state index is -0.675. The molecule has 0 N–H and O–H groups in total. The molecular formula is C14H19Cl2O. The summed E-state index contributed by atoms with van der Waals surface area (Å²) in [6.45, 7) is 2.19. The van der Waals surface area contributed by atoms with Crippen molar-refractivity contribution in [2.24, 2.45) is 0 Å². The molecule has 17 heavy (non-hydrogen) atoms. The van der Waals surface area contributed by atoms with Gasteiger partial charge in [0.2, 0.25) is 0 Å². The summed E-state index contributed by atoms with van der Waals surface area (Å²) in [6.07, 6.45) is 5.87. The SMILES string of the molecule is CCCCCCCC([O])c1ccc(Cl)c(Cl)c1. The largest absolute Gasteiger partial charge is 0.228 e. The topological polar surface area (TPSA) is 19.9 Å². The molecule has 0 aliphatic heterocycles. The molecule has 0 fully saturated rings. The van der Waals surface area contributed by atoms with Gasteiger partial charge in [0.05, 0.1) is 10.0 Å². The van der Waals surface area contributed by atoms with Crippen LogP contribution in [0, 0.1) is 0 Å². The molecule has 1 rings (SSSR count). The van der Waals surface area contributed by atoms with Crippen molar-refractivity contribution in [1.82, 2.24) is 0 Å². The Morgan fingerprint density at radius 3 is 2.41 bits per heavy atom. The molecule has 0 heterocycles. The van der Waals surface area contributed by atoms with Gasteiger partial charge in [0.25, 0.3) is 0 Å². The van der Waals surface area contributed by atoms with Crippen molar-refractivity contribution in [3.8, 4) is 0 Å². The fraction of sp³-hybridized carbons (Fsp3) is 0.571. The Balaban J connectivity index is 2.36. The number of hydrogen-bond donors (Lipinski definition) is 0. The van der Waals surface area contributed by atoms with E-state index in [2.05, 4.69) is 6.92 Å². The molecule has 1 aromatic rings. The summed E-state index contributed by atoms with van der Waals surface area (Å²) in [5, 5.41) is 12.9. The smallest absolute Gasteiger partial charge is 0.118 e. The Hall–Kier alpha value is -0.240. The van der Waals surface area contributed by atoms with Crippen LogP contribution in [0.4, 0.5) is 0 Å². The molecule has 1 unspecified atom stereocenters. The highest BCUT2D eigenvalue weighted by atomic mass is 35.5. The summed E-state index contributed by atoms with van der Waals surface area (Å²) >= 11 is 11.7. The van der Waals surface area contributed by atoms with Gasteiger partial charge in [-0.05, 0) is 24.1 Å². The lowest BCUT2D eigenvalue weighted by atomic mass is 10.0. The zero-order valence-corrected chi connectivity index (χ0v) is 11.7. The van der Waals surface area contributed by atoms with E-state index in [-0.39, 0.29) is 0 Å². The Morgan fingerprint density at radius 1 is 1.06 bits per heavy atom. The second-order valence-electron chi connectivity index (χ2n) is 4.37. The summed E-state index contributed by atoms with van der Waals surface area (Å²) in [4.78, 5) is 0. The van der Waals surface area contributed by atoms with E-state index in [4.69, 9.17) is 23.2 Å². The zero-order valence-electron chi connectivity index (χ0n) is 10.2. The quantitative estimate of drug-likeness (QED) is 0.558. The van der Waals surface area contributed by atoms with Gasteiger partial charge in [-0.3, -0.25) is 0 Å². The number of unbranched alkanes of at least 4 members (excludes halogenated alkanes) is 4. The minimum Gasteiger partial charge on any atom is -0.228 e. The van der Waals surface area contributed by atoms with E-state index in [1.54, 1.807) is 18.2 Å². The van der Waals surface area contributed by atoms with Crippen LogP contribution in [0.1, 0.15) is 57.1 Å². The van der Waals surface area contributed by atoms with Gasteiger partial charge in [0.15, 0.2) is 0 Å². The maximum absolute atomic E-state index is 11.9. The molecular weight excluding hydrogens is 255 g/mol. The van der Waals surface area contributed by atoms with Crippen LogP contribution in [-0.4, -0.2) is 0 Å². The number of hydrogen-bond acceptors (Lipinski definition) is 0. The van der Waals surface area contributed by atoms with Gasteiger partial charge in [0, 0.05) is 0 Å². The maximum Gasteiger partial charge on any atom is 0.118 e. The molecule has 1 radical (unpaired) electrons. The van der Waals surface area contributed by atoms with Crippen molar-refractivity contribution in [3.63, 3.8) is 0 Å². The Kier molecular flexibility index (Phi) is 6.94. The van der Waals surface area contributed by atoms with Gasteiger partial charge in [-0.15, -0.1) is 0 Å². The van der Waals surface area contributed by atoms with Gasteiger partial charge < -0.3 is 0 Å². The fourth-order valence-electron chi connectivity index (χ4n) is 1.81. The lowest BCUT2D eigenvalue weighted by Gasteiger charge is -2.09. The molecule has 1 aromatic carbocycles. The molecule has 0 amide bonds. The molecule has 1 atom stereocenters. The first-order chi connectivity index (χ1) is 8.15. The maximum atomic E-state index is 11.9. The van der Waals surface area contributed by atoms with E-state index < -0.39 is 6.10 Å². The zero-order chi connectivity index (χ0) is 12.7. The molecule has 0 saturated carbocycles. The fourth-order valence-corrected chi connectivity index (χ4v) is 2.12. The van der Waals surface area contributed by atoms with Crippen molar-refractivity contribution in [2.75, 3.05) is 0 Å². The van der Waals surface area contributed by atoms with Crippen LogP contribution in [0.15, 0.2) is 18.2 Å². The van der Waals surface area contributed by atoms with E-state index in [1.165, 1.54) is 19.3 Å². The van der Waals surface area contributed by atoms with E-state index in [0.717, 1.165) is 18.4 Å². The van der Waals surface area contributed by atoms with Crippen LogP contribution in [0.5, 0.6) is 0 Å². The molecule has 3 heteroatoms. The molecule has 0 bridgehead atoms. The highest BCUT2D eigenvalue weighted by Gasteiger charge is 2.10. The monoisotopic (exact) mass is 273 g/mol. The van der Waals surface area contributed by atoms with E-state index in [0.29, 0.717) is 16.5 Å². The number of rotatable bonds is 7. The second kappa shape index (κ2) is 7.97. The summed E-state index contributed by atoms with van der Waals surface area (Å²) in [5.41, 5.74) is 0.745. The summed E-state index contributed by atoms with van der Waals surface area (Å²) in [7, 11) is 0. The summed E-state index contributed by atoms with van der Waals surface area (Å²) < 4.78 is 0. The Labute approximate surface area is 114 Å². The lowest BCUT2D eigenvalue weighted by molar-refractivity contribution is 0.0786. The average molecular weight is 274 g/mol. The third-order valence-corrected chi connectivity index (χ3v) is 3.62. The minimum absolute atomic E-state index is 0.469. The van der Waals surface area contributed by atoms with Gasteiger partial charge in [-0.2, -0.15) is 0 Å². The van der Waals surface area contributed by atoms with Crippen LogP contribution in [0.2, 0.25) is 10.0 Å². The first-order valence-corrected chi connectivity index (χ1v) is 7.01. The normalized spacial score (nSPS) is 12.7. The van der Waals surface area contributed by atoms with E-state index >= 15 is 0 Å². The third kappa shape index (κ3) is 5.29. The van der Waals surface area contributed by atoms with Gasteiger partial charge in [-0.1, -0.05) is 68.3 Å².